The number of azo groups is 1. The molecule has 0 heterocycles. The van der Waals surface area contributed by atoms with E-state index in [0.29, 0.717) is 11.4 Å². The summed E-state index contributed by atoms with van der Waals surface area (Å²) in [5.74, 6) is -0.231. The molecule has 3 N–H and O–H groups in total. The zero-order valence-electron chi connectivity index (χ0n) is 16.8. The summed E-state index contributed by atoms with van der Waals surface area (Å²) in [5.41, 5.74) is 1.87. The number of likely N-dealkylation sites (N-methyl/N-ethyl adjacent to an activating group) is 1. The number of carbonyl (C=O) groups is 2. The van der Waals surface area contributed by atoms with Gasteiger partial charge in [-0.05, 0) is 57.2 Å². The number of rotatable bonds is 7. The van der Waals surface area contributed by atoms with Crippen LogP contribution in [0.3, 0.4) is 0 Å². The van der Waals surface area contributed by atoms with Gasteiger partial charge in [0.05, 0.1) is 18.4 Å². The van der Waals surface area contributed by atoms with Gasteiger partial charge in [-0.3, -0.25) is 9.59 Å². The van der Waals surface area contributed by atoms with Gasteiger partial charge >= 0.3 is 0 Å². The molecule has 0 saturated heterocycles. The zero-order valence-corrected chi connectivity index (χ0v) is 16.8. The maximum atomic E-state index is 12.2. The summed E-state index contributed by atoms with van der Waals surface area (Å²) in [6, 6.07) is 16.6. The van der Waals surface area contributed by atoms with Crippen LogP contribution in [0.5, 0.6) is 0 Å². The summed E-state index contributed by atoms with van der Waals surface area (Å²) in [4.78, 5) is 24.9. The van der Waals surface area contributed by atoms with Gasteiger partial charge in [-0.15, -0.1) is 0 Å². The second-order valence-electron chi connectivity index (χ2n) is 7.74. The first-order valence-corrected chi connectivity index (χ1v) is 9.20. The SMILES string of the molecule is C[NH+](CC(=O)Nc1ccc(N=Nc2ccccc2)cc1)CC(=O)NC(C)(C)C. The Labute approximate surface area is 165 Å². The maximum absolute atomic E-state index is 12.2. The smallest absolute Gasteiger partial charge is 0.279 e. The van der Waals surface area contributed by atoms with E-state index in [2.05, 4.69) is 20.9 Å². The van der Waals surface area contributed by atoms with Crippen LogP contribution in [0.25, 0.3) is 0 Å². The van der Waals surface area contributed by atoms with E-state index >= 15 is 0 Å². The van der Waals surface area contributed by atoms with Crippen LogP contribution in [0.4, 0.5) is 17.1 Å². The highest BCUT2D eigenvalue weighted by Gasteiger charge is 2.18. The predicted octanol–water partition coefficient (Wildman–Crippen LogP) is 2.47. The van der Waals surface area contributed by atoms with Gasteiger partial charge in [0.2, 0.25) is 0 Å². The second-order valence-corrected chi connectivity index (χ2v) is 7.74. The van der Waals surface area contributed by atoms with Crippen molar-refractivity contribution in [1.82, 2.24) is 5.32 Å². The summed E-state index contributed by atoms with van der Waals surface area (Å²) >= 11 is 0. The van der Waals surface area contributed by atoms with Gasteiger partial charge < -0.3 is 15.5 Å². The fourth-order valence-electron chi connectivity index (χ4n) is 2.50. The van der Waals surface area contributed by atoms with Crippen molar-refractivity contribution in [3.05, 3.63) is 54.6 Å². The first-order chi connectivity index (χ1) is 13.2. The Morgan fingerprint density at radius 3 is 1.96 bits per heavy atom. The highest BCUT2D eigenvalue weighted by molar-refractivity contribution is 5.91. The van der Waals surface area contributed by atoms with Gasteiger partial charge in [0.15, 0.2) is 13.1 Å². The average molecular weight is 382 g/mol. The molecule has 0 bridgehead atoms. The number of quaternary nitrogens is 1. The molecule has 0 aliphatic heterocycles. The van der Waals surface area contributed by atoms with Crippen molar-refractivity contribution in [1.29, 1.82) is 0 Å². The Balaban J connectivity index is 1.82. The van der Waals surface area contributed by atoms with Crippen LogP contribution in [0.1, 0.15) is 20.8 Å². The van der Waals surface area contributed by atoms with Crippen LogP contribution >= 0.6 is 0 Å². The number of anilines is 1. The number of nitrogens with one attached hydrogen (secondary N) is 3. The molecule has 0 saturated carbocycles. The Morgan fingerprint density at radius 1 is 0.857 bits per heavy atom. The molecule has 1 atom stereocenters. The Hall–Kier alpha value is -3.06. The molecule has 148 valence electrons. The number of hydrogen-bond donors (Lipinski definition) is 3. The van der Waals surface area contributed by atoms with Crippen molar-refractivity contribution in [2.45, 2.75) is 26.3 Å². The molecule has 0 aromatic heterocycles. The van der Waals surface area contributed by atoms with Gasteiger partial charge in [-0.25, -0.2) is 0 Å². The predicted molar refractivity (Wildman–Crippen MR) is 110 cm³/mol. The van der Waals surface area contributed by atoms with E-state index in [9.17, 15) is 9.59 Å². The van der Waals surface area contributed by atoms with Gasteiger partial charge in [-0.2, -0.15) is 10.2 Å². The monoisotopic (exact) mass is 382 g/mol. The molecule has 0 radical (unpaired) electrons. The van der Waals surface area contributed by atoms with Crippen molar-refractivity contribution in [2.24, 2.45) is 10.2 Å². The minimum absolute atomic E-state index is 0.0778. The normalized spacial score (nSPS) is 12.6. The minimum atomic E-state index is -0.279. The van der Waals surface area contributed by atoms with E-state index < -0.39 is 0 Å². The zero-order chi connectivity index (χ0) is 20.6. The van der Waals surface area contributed by atoms with Crippen molar-refractivity contribution in [3.8, 4) is 0 Å². The third-order valence-corrected chi connectivity index (χ3v) is 3.63. The topological polar surface area (TPSA) is 87.4 Å². The number of carbonyl (C=O) groups excluding carboxylic acids is 2. The molecule has 2 aromatic carbocycles. The molecule has 1 unspecified atom stereocenters. The molecule has 0 aliphatic rings. The van der Waals surface area contributed by atoms with Crippen molar-refractivity contribution >= 4 is 28.9 Å². The third-order valence-electron chi connectivity index (χ3n) is 3.63. The maximum Gasteiger partial charge on any atom is 0.279 e. The Kier molecular flexibility index (Phi) is 7.40. The first-order valence-electron chi connectivity index (χ1n) is 9.20. The first kappa shape index (κ1) is 21.2. The van der Waals surface area contributed by atoms with Gasteiger partial charge in [0, 0.05) is 11.2 Å². The van der Waals surface area contributed by atoms with Crippen molar-refractivity contribution in [3.63, 3.8) is 0 Å². The van der Waals surface area contributed by atoms with E-state index in [0.717, 1.165) is 10.6 Å². The van der Waals surface area contributed by atoms with E-state index in [-0.39, 0.29) is 30.4 Å². The van der Waals surface area contributed by atoms with Crippen molar-refractivity contribution < 1.29 is 14.5 Å². The lowest BCUT2D eigenvalue weighted by molar-refractivity contribution is -0.862. The Morgan fingerprint density at radius 2 is 1.39 bits per heavy atom. The summed E-state index contributed by atoms with van der Waals surface area (Å²) in [7, 11) is 1.81. The number of nitrogens with zero attached hydrogens (tertiary/aromatic N) is 2. The molecule has 7 nitrogen and oxygen atoms in total. The van der Waals surface area contributed by atoms with Crippen LogP contribution in [0.2, 0.25) is 0 Å². The molecule has 2 rings (SSSR count). The highest BCUT2D eigenvalue weighted by Crippen LogP contribution is 2.19. The van der Waals surface area contributed by atoms with Crippen LogP contribution in [-0.2, 0) is 9.59 Å². The fourth-order valence-corrected chi connectivity index (χ4v) is 2.50. The van der Waals surface area contributed by atoms with Gasteiger partial charge in [0.1, 0.15) is 0 Å². The van der Waals surface area contributed by atoms with Gasteiger partial charge in [-0.1, -0.05) is 18.2 Å². The lowest BCUT2D eigenvalue weighted by atomic mass is 10.1. The Bertz CT molecular complexity index is 811. The summed E-state index contributed by atoms with van der Waals surface area (Å²) in [6.07, 6.45) is 0. The standard InChI is InChI=1S/C21H27N5O2/c1-21(2,3)23-20(28)15-26(4)14-19(27)22-16-10-12-18(13-11-16)25-24-17-8-6-5-7-9-17/h5-13H,14-15H2,1-4H3,(H,22,27)(H,23,28)/p+1. The molecule has 2 amide bonds. The summed E-state index contributed by atoms with van der Waals surface area (Å²) in [6.45, 7) is 6.22. The van der Waals surface area contributed by atoms with E-state index in [1.807, 2.05) is 58.2 Å². The third kappa shape index (κ3) is 8.09. The molecule has 0 fully saturated rings. The summed E-state index contributed by atoms with van der Waals surface area (Å²) in [5, 5.41) is 14.1. The van der Waals surface area contributed by atoms with Crippen LogP contribution in [0, 0.1) is 0 Å². The lowest BCUT2D eigenvalue weighted by Crippen LogP contribution is -3.11. The second kappa shape index (κ2) is 9.75. The van der Waals surface area contributed by atoms with E-state index in [1.54, 1.807) is 24.3 Å². The summed E-state index contributed by atoms with van der Waals surface area (Å²) < 4.78 is 0. The van der Waals surface area contributed by atoms with E-state index in [4.69, 9.17) is 0 Å². The molecule has 0 spiro atoms. The number of benzene rings is 2. The van der Waals surface area contributed by atoms with Crippen molar-refractivity contribution in [2.75, 3.05) is 25.5 Å². The quantitative estimate of drug-likeness (QED) is 0.643. The average Bonchev–Trinajstić information content (AvgIpc) is 2.60. The largest absolute Gasteiger partial charge is 0.347 e. The number of amides is 2. The van der Waals surface area contributed by atoms with Crippen LogP contribution in [-0.4, -0.2) is 37.5 Å². The van der Waals surface area contributed by atoms with Crippen LogP contribution < -0.4 is 15.5 Å². The lowest BCUT2D eigenvalue weighted by Gasteiger charge is -2.21. The van der Waals surface area contributed by atoms with Crippen LogP contribution in [0.15, 0.2) is 64.8 Å². The molecular weight excluding hydrogens is 354 g/mol. The molecule has 2 aromatic rings. The molecular formula is C21H28N5O2+. The van der Waals surface area contributed by atoms with E-state index in [1.165, 1.54) is 0 Å². The highest BCUT2D eigenvalue weighted by atomic mass is 16.2. The fraction of sp³-hybridized carbons (Fsp3) is 0.333. The minimum Gasteiger partial charge on any atom is -0.347 e. The molecule has 7 heteroatoms. The number of hydrogen-bond acceptors (Lipinski definition) is 4. The molecule has 28 heavy (non-hydrogen) atoms. The molecule has 0 aliphatic carbocycles. The van der Waals surface area contributed by atoms with Gasteiger partial charge in [0.25, 0.3) is 11.8 Å².